The molecule has 8 heavy (non-hydrogen) atoms. The average Bonchev–Trinajstić information content (AvgIpc) is 2.17. The zero-order chi connectivity index (χ0) is 6.24. The van der Waals surface area contributed by atoms with Crippen molar-refractivity contribution in [1.82, 2.24) is 5.16 Å². The average molecular weight is 115 g/mol. The van der Waals surface area contributed by atoms with Gasteiger partial charge in [0.15, 0.2) is 0 Å². The van der Waals surface area contributed by atoms with Gasteiger partial charge in [-0.05, 0) is 13.0 Å². The van der Waals surface area contributed by atoms with Gasteiger partial charge in [-0.15, -0.1) is 0 Å². The molecule has 0 aliphatic rings. The minimum absolute atomic E-state index is 0.250. The number of rotatable bonds is 0. The van der Waals surface area contributed by atoms with Crippen molar-refractivity contribution in [2.24, 2.45) is 0 Å². The fourth-order valence-electron chi connectivity index (χ4n) is 0.176. The van der Waals surface area contributed by atoms with Gasteiger partial charge in [-0.2, -0.15) is 0 Å². The van der Waals surface area contributed by atoms with Crippen molar-refractivity contribution in [2.75, 3.05) is 6.61 Å². The number of hydrogen-bond acceptors (Lipinski definition) is 3. The van der Waals surface area contributed by atoms with Crippen LogP contribution in [0.1, 0.15) is 6.92 Å². The van der Waals surface area contributed by atoms with E-state index in [1.165, 1.54) is 6.26 Å². The van der Waals surface area contributed by atoms with Gasteiger partial charge in [-0.1, -0.05) is 5.16 Å². The molecule has 0 aromatic carbocycles. The second kappa shape index (κ2) is 6.17. The maximum atomic E-state index is 7.57. The van der Waals surface area contributed by atoms with Crippen LogP contribution in [0.2, 0.25) is 0 Å². The fraction of sp³-hybridized carbons (Fsp3) is 0.400. The highest BCUT2D eigenvalue weighted by Gasteiger charge is 1.60. The summed E-state index contributed by atoms with van der Waals surface area (Å²) in [6.45, 7) is 1.93. The van der Waals surface area contributed by atoms with Crippen LogP contribution in [0.25, 0.3) is 0 Å². The minimum atomic E-state index is 0.250. The molecule has 0 fully saturated rings. The molecule has 0 aliphatic heterocycles. The van der Waals surface area contributed by atoms with Crippen LogP contribution in [0.4, 0.5) is 0 Å². The van der Waals surface area contributed by atoms with Crippen LogP contribution in [0.5, 0.6) is 0 Å². The van der Waals surface area contributed by atoms with E-state index in [1.807, 2.05) is 0 Å². The SMILES string of the molecule is CCO.c1cnoc1. The summed E-state index contributed by atoms with van der Waals surface area (Å²) in [4.78, 5) is 0. The van der Waals surface area contributed by atoms with Crippen molar-refractivity contribution in [2.45, 2.75) is 6.92 Å². The lowest BCUT2D eigenvalue weighted by molar-refractivity contribution is 0.318. The van der Waals surface area contributed by atoms with Crippen molar-refractivity contribution < 1.29 is 9.63 Å². The first-order valence-electron chi connectivity index (χ1n) is 2.37. The Morgan fingerprint density at radius 1 is 1.75 bits per heavy atom. The minimum Gasteiger partial charge on any atom is -0.397 e. The smallest absolute Gasteiger partial charge is 0.123 e. The first-order valence-corrected chi connectivity index (χ1v) is 2.37. The van der Waals surface area contributed by atoms with Gasteiger partial charge < -0.3 is 9.63 Å². The molecule has 1 aromatic rings. The van der Waals surface area contributed by atoms with E-state index < -0.39 is 0 Å². The summed E-state index contributed by atoms with van der Waals surface area (Å²) in [5.41, 5.74) is 0. The highest BCUT2D eigenvalue weighted by atomic mass is 16.5. The molecule has 0 unspecified atom stereocenters. The predicted octanol–water partition coefficient (Wildman–Crippen LogP) is 0.673. The Morgan fingerprint density at radius 2 is 2.38 bits per heavy atom. The van der Waals surface area contributed by atoms with Crippen LogP contribution in [0.3, 0.4) is 0 Å². The number of aliphatic hydroxyl groups is 1. The van der Waals surface area contributed by atoms with Crippen molar-refractivity contribution in [3.8, 4) is 0 Å². The molecule has 3 heteroatoms. The molecule has 1 heterocycles. The van der Waals surface area contributed by atoms with Gasteiger partial charge in [0.25, 0.3) is 0 Å². The molecule has 0 saturated carbocycles. The van der Waals surface area contributed by atoms with Crippen LogP contribution in [0, 0.1) is 0 Å². The summed E-state index contributed by atoms with van der Waals surface area (Å²) in [6.07, 6.45) is 3.10. The molecule has 1 aromatic heterocycles. The van der Waals surface area contributed by atoms with Gasteiger partial charge >= 0.3 is 0 Å². The van der Waals surface area contributed by atoms with Crippen molar-refractivity contribution in [3.63, 3.8) is 0 Å². The Labute approximate surface area is 47.9 Å². The normalized spacial score (nSPS) is 7.25. The maximum Gasteiger partial charge on any atom is 0.123 e. The van der Waals surface area contributed by atoms with E-state index in [1.54, 1.807) is 19.2 Å². The largest absolute Gasteiger partial charge is 0.397 e. The fourth-order valence-corrected chi connectivity index (χ4v) is 0.176. The highest BCUT2D eigenvalue weighted by molar-refractivity contribution is 4.67. The van der Waals surface area contributed by atoms with E-state index in [-0.39, 0.29) is 6.61 Å². The third-order valence-electron chi connectivity index (χ3n) is 0.347. The van der Waals surface area contributed by atoms with E-state index in [0.717, 1.165) is 0 Å². The second-order valence-corrected chi connectivity index (χ2v) is 1.00. The molecule has 0 aliphatic carbocycles. The quantitative estimate of drug-likeness (QED) is 0.540. The van der Waals surface area contributed by atoms with Crippen molar-refractivity contribution in [3.05, 3.63) is 18.5 Å². The third kappa shape index (κ3) is 5.17. The first kappa shape index (κ1) is 7.17. The molecule has 1 rings (SSSR count). The molecule has 0 spiro atoms. The molecular formula is C5H9NO2. The summed E-state index contributed by atoms with van der Waals surface area (Å²) >= 11 is 0. The predicted molar refractivity (Wildman–Crippen MR) is 29.3 cm³/mol. The van der Waals surface area contributed by atoms with Crippen molar-refractivity contribution >= 4 is 0 Å². The Balaban J connectivity index is 0.000000145. The zero-order valence-corrected chi connectivity index (χ0v) is 4.74. The van der Waals surface area contributed by atoms with E-state index >= 15 is 0 Å². The molecule has 0 amide bonds. The standard InChI is InChI=1S/C3H3NO.C2H6O/c1-2-4-5-3-1;1-2-3/h1-3H;3H,2H2,1H3. The Bertz CT molecular complexity index is 77.3. The third-order valence-corrected chi connectivity index (χ3v) is 0.347. The van der Waals surface area contributed by atoms with Gasteiger partial charge in [0.05, 0.1) is 6.20 Å². The number of nitrogens with zero attached hydrogens (tertiary/aromatic N) is 1. The van der Waals surface area contributed by atoms with Crippen molar-refractivity contribution in [1.29, 1.82) is 0 Å². The number of aromatic nitrogens is 1. The molecule has 0 bridgehead atoms. The Kier molecular flexibility index (Phi) is 5.53. The van der Waals surface area contributed by atoms with Crippen LogP contribution < -0.4 is 0 Å². The molecule has 1 N–H and O–H groups in total. The Hall–Kier alpha value is -0.830. The molecule has 46 valence electrons. The summed E-state index contributed by atoms with van der Waals surface area (Å²) < 4.78 is 4.33. The van der Waals surface area contributed by atoms with E-state index in [9.17, 15) is 0 Å². The van der Waals surface area contributed by atoms with Crippen LogP contribution in [-0.2, 0) is 0 Å². The lowest BCUT2D eigenvalue weighted by Crippen LogP contribution is -1.57. The van der Waals surface area contributed by atoms with Gasteiger partial charge in [0.2, 0.25) is 0 Å². The van der Waals surface area contributed by atoms with E-state index in [0.29, 0.717) is 0 Å². The lowest BCUT2D eigenvalue weighted by atomic mass is 10.8. The lowest BCUT2D eigenvalue weighted by Gasteiger charge is -1.52. The monoisotopic (exact) mass is 115 g/mol. The molecule has 0 radical (unpaired) electrons. The zero-order valence-electron chi connectivity index (χ0n) is 4.74. The van der Waals surface area contributed by atoms with Gasteiger partial charge in [-0.3, -0.25) is 0 Å². The van der Waals surface area contributed by atoms with Gasteiger partial charge in [0.1, 0.15) is 6.26 Å². The van der Waals surface area contributed by atoms with Gasteiger partial charge in [-0.25, -0.2) is 0 Å². The molecule has 0 atom stereocenters. The molecule has 0 saturated heterocycles. The van der Waals surface area contributed by atoms with Crippen LogP contribution in [-0.4, -0.2) is 16.9 Å². The van der Waals surface area contributed by atoms with E-state index in [4.69, 9.17) is 5.11 Å². The summed E-state index contributed by atoms with van der Waals surface area (Å²) in [5.74, 6) is 0. The van der Waals surface area contributed by atoms with Gasteiger partial charge in [0, 0.05) is 6.61 Å². The van der Waals surface area contributed by atoms with E-state index in [2.05, 4.69) is 9.68 Å². The Morgan fingerprint density at radius 3 is 2.50 bits per heavy atom. The summed E-state index contributed by atoms with van der Waals surface area (Å²) in [5, 5.41) is 10.9. The highest BCUT2D eigenvalue weighted by Crippen LogP contribution is 1.72. The molecular weight excluding hydrogens is 106 g/mol. The molecule has 3 nitrogen and oxygen atoms in total. The van der Waals surface area contributed by atoms with Crippen LogP contribution >= 0.6 is 0 Å². The first-order chi connectivity index (χ1) is 3.91. The second-order valence-electron chi connectivity index (χ2n) is 1.00. The summed E-state index contributed by atoms with van der Waals surface area (Å²) in [6, 6.07) is 1.72. The summed E-state index contributed by atoms with van der Waals surface area (Å²) in [7, 11) is 0. The maximum absolute atomic E-state index is 7.57. The number of aliphatic hydroxyl groups excluding tert-OH is 1. The topological polar surface area (TPSA) is 46.3 Å². The number of hydrogen-bond donors (Lipinski definition) is 1. The van der Waals surface area contributed by atoms with Crippen LogP contribution in [0.15, 0.2) is 23.0 Å².